The number of rotatable bonds is 2. The number of aromatic nitrogens is 1. The van der Waals surface area contributed by atoms with Gasteiger partial charge in [0, 0.05) is 10.9 Å². The Morgan fingerprint density at radius 2 is 1.33 bits per heavy atom. The molecule has 142 valence electrons. The molecule has 5 aromatic rings. The number of aromatic amines is 1. The van der Waals surface area contributed by atoms with Gasteiger partial charge in [-0.2, -0.15) is 0 Å². The predicted molar refractivity (Wildman–Crippen MR) is 124 cm³/mol. The molecule has 1 N–H and O–H groups in total. The summed E-state index contributed by atoms with van der Waals surface area (Å²) in [6.07, 6.45) is 0.805. The minimum Gasteiger partial charge on any atom is -0.321 e. The Labute approximate surface area is 174 Å². The normalized spacial score (nSPS) is 12.0. The molecule has 0 radical (unpaired) electrons. The zero-order chi connectivity index (χ0) is 20.1. The Morgan fingerprint density at radius 3 is 2.20 bits per heavy atom. The third-order valence-electron chi connectivity index (χ3n) is 6.08. The number of hydrogen-bond donors (Lipinski definition) is 1. The number of H-pyrrole nitrogens is 1. The van der Waals surface area contributed by atoms with E-state index in [1.165, 1.54) is 16.7 Å². The van der Waals surface area contributed by atoms with Crippen molar-refractivity contribution in [2.24, 2.45) is 0 Å². The highest BCUT2D eigenvalue weighted by molar-refractivity contribution is 5.93. The molecule has 0 aliphatic heterocycles. The molecule has 2 heteroatoms. The lowest BCUT2D eigenvalue weighted by Crippen LogP contribution is -2.09. The van der Waals surface area contributed by atoms with Gasteiger partial charge in [-0.25, -0.2) is 0 Å². The average molecular weight is 385 g/mol. The first-order valence-electron chi connectivity index (χ1n) is 10.2. The van der Waals surface area contributed by atoms with Crippen LogP contribution in [0.4, 0.5) is 0 Å². The van der Waals surface area contributed by atoms with E-state index in [1.807, 2.05) is 24.3 Å². The highest BCUT2D eigenvalue weighted by Crippen LogP contribution is 2.39. The van der Waals surface area contributed by atoms with Gasteiger partial charge in [0.15, 0.2) is 0 Å². The van der Waals surface area contributed by atoms with E-state index in [1.54, 1.807) is 0 Å². The lowest BCUT2D eigenvalue weighted by atomic mass is 9.96. The molecule has 4 aromatic carbocycles. The third kappa shape index (κ3) is 2.61. The first-order chi connectivity index (χ1) is 14.8. The maximum Gasteiger partial charge on any atom is 0.256 e. The fourth-order valence-corrected chi connectivity index (χ4v) is 4.62. The largest absolute Gasteiger partial charge is 0.321 e. The fraction of sp³-hybridized carbons (Fsp3) is 0.0357. The molecule has 30 heavy (non-hydrogen) atoms. The molecule has 1 aromatic heterocycles. The van der Waals surface area contributed by atoms with Crippen LogP contribution in [0.1, 0.15) is 11.1 Å². The van der Waals surface area contributed by atoms with Crippen molar-refractivity contribution >= 4 is 10.9 Å². The van der Waals surface area contributed by atoms with Crippen molar-refractivity contribution in [2.45, 2.75) is 6.42 Å². The summed E-state index contributed by atoms with van der Waals surface area (Å²) in [6, 6.07) is 33.6. The molecule has 1 aliphatic rings. The fourth-order valence-electron chi connectivity index (χ4n) is 4.62. The van der Waals surface area contributed by atoms with Crippen LogP contribution in [-0.4, -0.2) is 4.98 Å². The number of hydrogen-bond acceptors (Lipinski definition) is 1. The van der Waals surface area contributed by atoms with Crippen LogP contribution in [0.25, 0.3) is 44.3 Å². The van der Waals surface area contributed by atoms with E-state index < -0.39 is 0 Å². The second kappa shape index (κ2) is 6.57. The summed E-state index contributed by atoms with van der Waals surface area (Å²) in [7, 11) is 0. The van der Waals surface area contributed by atoms with Crippen LogP contribution in [0.3, 0.4) is 0 Å². The summed E-state index contributed by atoms with van der Waals surface area (Å²) in [6.45, 7) is 0. The molecule has 0 spiro atoms. The first-order valence-corrected chi connectivity index (χ1v) is 10.2. The average Bonchev–Trinajstić information content (AvgIpc) is 3.19. The number of fused-ring (bicyclic) bond motifs is 5. The smallest absolute Gasteiger partial charge is 0.256 e. The summed E-state index contributed by atoms with van der Waals surface area (Å²) in [4.78, 5) is 16.0. The zero-order valence-corrected chi connectivity index (χ0v) is 16.4. The van der Waals surface area contributed by atoms with Gasteiger partial charge in [0.1, 0.15) is 0 Å². The summed E-state index contributed by atoms with van der Waals surface area (Å²) in [5.74, 6) is 0. The van der Waals surface area contributed by atoms with E-state index in [4.69, 9.17) is 0 Å². The van der Waals surface area contributed by atoms with E-state index in [0.717, 1.165) is 45.1 Å². The van der Waals surface area contributed by atoms with E-state index in [-0.39, 0.29) is 5.56 Å². The summed E-state index contributed by atoms with van der Waals surface area (Å²) in [5.41, 5.74) is 9.82. The molecule has 1 aliphatic carbocycles. The Morgan fingerprint density at radius 1 is 0.633 bits per heavy atom. The van der Waals surface area contributed by atoms with Crippen LogP contribution in [-0.2, 0) is 6.42 Å². The SMILES string of the molecule is O=c1[nH]c2ccccc2c2c1-c1cc(-c3cccc(-c4ccccc4)c3)ccc1C2. The summed E-state index contributed by atoms with van der Waals surface area (Å²) >= 11 is 0. The zero-order valence-electron chi connectivity index (χ0n) is 16.4. The van der Waals surface area contributed by atoms with E-state index in [0.29, 0.717) is 0 Å². The lowest BCUT2D eigenvalue weighted by Gasteiger charge is -2.09. The Hall–Kier alpha value is -3.91. The van der Waals surface area contributed by atoms with Crippen molar-refractivity contribution in [2.75, 3.05) is 0 Å². The molecule has 0 saturated carbocycles. The highest BCUT2D eigenvalue weighted by atomic mass is 16.1. The number of para-hydroxylation sites is 1. The molecule has 0 fully saturated rings. The van der Waals surface area contributed by atoms with Crippen LogP contribution in [0.15, 0.2) is 102 Å². The predicted octanol–water partition coefficient (Wildman–Crippen LogP) is 6.43. The lowest BCUT2D eigenvalue weighted by molar-refractivity contribution is 1.25. The van der Waals surface area contributed by atoms with Crippen LogP contribution in [0, 0.1) is 0 Å². The molecule has 0 amide bonds. The Kier molecular flexibility index (Phi) is 3.72. The van der Waals surface area contributed by atoms with Crippen molar-refractivity contribution in [1.29, 1.82) is 0 Å². The summed E-state index contributed by atoms with van der Waals surface area (Å²) in [5, 5.41) is 1.14. The van der Waals surface area contributed by atoms with Crippen molar-refractivity contribution in [3.63, 3.8) is 0 Å². The molecular formula is C28H19NO. The molecular weight excluding hydrogens is 366 g/mol. The van der Waals surface area contributed by atoms with Gasteiger partial charge in [-0.3, -0.25) is 4.79 Å². The quantitative estimate of drug-likeness (QED) is 0.366. The van der Waals surface area contributed by atoms with Crippen molar-refractivity contribution in [3.05, 3.63) is 119 Å². The maximum absolute atomic E-state index is 12.9. The van der Waals surface area contributed by atoms with Gasteiger partial charge in [0.2, 0.25) is 0 Å². The molecule has 0 bridgehead atoms. The van der Waals surface area contributed by atoms with Gasteiger partial charge >= 0.3 is 0 Å². The number of pyridine rings is 1. The molecule has 0 atom stereocenters. The van der Waals surface area contributed by atoms with E-state index in [2.05, 4.69) is 77.8 Å². The first kappa shape index (κ1) is 17.0. The van der Waals surface area contributed by atoms with E-state index in [9.17, 15) is 4.79 Å². The molecule has 6 rings (SSSR count). The number of benzene rings is 4. The molecule has 2 nitrogen and oxygen atoms in total. The van der Waals surface area contributed by atoms with Crippen LogP contribution >= 0.6 is 0 Å². The van der Waals surface area contributed by atoms with Gasteiger partial charge in [0.25, 0.3) is 5.56 Å². The van der Waals surface area contributed by atoms with Crippen LogP contribution in [0.5, 0.6) is 0 Å². The Balaban J connectivity index is 1.50. The Bertz CT molecular complexity index is 1480. The third-order valence-corrected chi connectivity index (χ3v) is 6.08. The van der Waals surface area contributed by atoms with Gasteiger partial charge in [-0.05, 0) is 63.6 Å². The standard InChI is InChI=1S/C28H19NO/c30-28-27-24-16-21(20-10-6-9-19(15-20)18-7-2-1-3-8-18)13-14-22(24)17-25(27)23-11-4-5-12-26(23)29-28/h1-16H,17H2,(H,29,30). The van der Waals surface area contributed by atoms with Gasteiger partial charge < -0.3 is 4.98 Å². The minimum atomic E-state index is -0.00219. The highest BCUT2D eigenvalue weighted by Gasteiger charge is 2.24. The summed E-state index contributed by atoms with van der Waals surface area (Å²) < 4.78 is 0. The molecule has 1 heterocycles. The van der Waals surface area contributed by atoms with E-state index >= 15 is 0 Å². The maximum atomic E-state index is 12.9. The topological polar surface area (TPSA) is 32.9 Å². The van der Waals surface area contributed by atoms with Gasteiger partial charge in [0.05, 0.1) is 5.56 Å². The van der Waals surface area contributed by atoms with Gasteiger partial charge in [-0.1, -0.05) is 78.9 Å². The van der Waals surface area contributed by atoms with Crippen molar-refractivity contribution in [3.8, 4) is 33.4 Å². The second-order valence-electron chi connectivity index (χ2n) is 7.85. The number of nitrogens with one attached hydrogen (secondary N) is 1. The monoisotopic (exact) mass is 385 g/mol. The molecule has 0 unspecified atom stereocenters. The van der Waals surface area contributed by atoms with Crippen molar-refractivity contribution < 1.29 is 0 Å². The molecule has 0 saturated heterocycles. The van der Waals surface area contributed by atoms with Crippen molar-refractivity contribution in [1.82, 2.24) is 4.98 Å². The minimum absolute atomic E-state index is 0.00219. The van der Waals surface area contributed by atoms with Gasteiger partial charge in [-0.15, -0.1) is 0 Å². The van der Waals surface area contributed by atoms with Crippen LogP contribution < -0.4 is 5.56 Å². The van der Waals surface area contributed by atoms with Crippen LogP contribution in [0.2, 0.25) is 0 Å². The second-order valence-corrected chi connectivity index (χ2v) is 7.85.